The van der Waals surface area contributed by atoms with E-state index in [0.29, 0.717) is 5.57 Å². The number of rotatable bonds is 5. The Morgan fingerprint density at radius 1 is 0.900 bits per heavy atom. The lowest BCUT2D eigenvalue weighted by Gasteiger charge is -2.03. The summed E-state index contributed by atoms with van der Waals surface area (Å²) in [6.07, 6.45) is 4.57. The van der Waals surface area contributed by atoms with Crippen LogP contribution in [0.1, 0.15) is 19.4 Å². The predicted octanol–water partition coefficient (Wildman–Crippen LogP) is 3.13. The maximum atomic E-state index is 10.9. The standard InChI is InChI=1S/C16H16O4/c1-11(15(17)18)8-9-14(10-12(2)16(19)20)13-6-4-3-5-7-13/h3-10H,1-2H3,(H,17,18)(H,19,20). The number of hydrogen-bond donors (Lipinski definition) is 2. The van der Waals surface area contributed by atoms with Crippen molar-refractivity contribution >= 4 is 17.5 Å². The second-order valence-electron chi connectivity index (χ2n) is 4.28. The van der Waals surface area contributed by atoms with Crippen molar-refractivity contribution in [2.75, 3.05) is 0 Å². The highest BCUT2D eigenvalue weighted by Crippen LogP contribution is 2.18. The largest absolute Gasteiger partial charge is 0.478 e. The first kappa shape index (κ1) is 15.4. The summed E-state index contributed by atoms with van der Waals surface area (Å²) in [5, 5.41) is 17.8. The van der Waals surface area contributed by atoms with E-state index in [9.17, 15) is 9.59 Å². The lowest BCUT2D eigenvalue weighted by molar-refractivity contribution is -0.133. The van der Waals surface area contributed by atoms with Gasteiger partial charge in [0.05, 0.1) is 0 Å². The van der Waals surface area contributed by atoms with Gasteiger partial charge >= 0.3 is 11.9 Å². The molecular formula is C16H16O4. The molecule has 1 aromatic carbocycles. The Kier molecular flexibility index (Phi) is 5.47. The first-order valence-electron chi connectivity index (χ1n) is 6.00. The molecule has 0 atom stereocenters. The maximum Gasteiger partial charge on any atom is 0.331 e. The average molecular weight is 272 g/mol. The third kappa shape index (κ3) is 4.57. The zero-order chi connectivity index (χ0) is 15.1. The van der Waals surface area contributed by atoms with Crippen molar-refractivity contribution in [2.45, 2.75) is 13.8 Å². The number of benzene rings is 1. The molecule has 0 spiro atoms. The number of allylic oxidation sites excluding steroid dienone is 4. The second-order valence-corrected chi connectivity index (χ2v) is 4.28. The van der Waals surface area contributed by atoms with E-state index < -0.39 is 11.9 Å². The highest BCUT2D eigenvalue weighted by molar-refractivity contribution is 5.91. The van der Waals surface area contributed by atoms with Gasteiger partial charge in [0.2, 0.25) is 0 Å². The molecule has 0 saturated carbocycles. The molecule has 0 bridgehead atoms. The molecule has 1 aromatic rings. The van der Waals surface area contributed by atoms with Gasteiger partial charge in [-0.15, -0.1) is 0 Å². The van der Waals surface area contributed by atoms with Gasteiger partial charge in [-0.2, -0.15) is 0 Å². The number of carbonyl (C=O) groups is 2. The Labute approximate surface area is 117 Å². The van der Waals surface area contributed by atoms with Crippen molar-refractivity contribution in [3.63, 3.8) is 0 Å². The summed E-state index contributed by atoms with van der Waals surface area (Å²) in [6.45, 7) is 2.97. The zero-order valence-electron chi connectivity index (χ0n) is 11.3. The van der Waals surface area contributed by atoms with Crippen LogP contribution in [-0.4, -0.2) is 22.2 Å². The normalized spacial score (nSPS) is 13.2. The van der Waals surface area contributed by atoms with E-state index in [1.54, 1.807) is 6.08 Å². The molecule has 0 amide bonds. The van der Waals surface area contributed by atoms with Gasteiger partial charge in [-0.25, -0.2) is 9.59 Å². The maximum absolute atomic E-state index is 10.9. The monoisotopic (exact) mass is 272 g/mol. The van der Waals surface area contributed by atoms with E-state index in [0.717, 1.165) is 5.56 Å². The Morgan fingerprint density at radius 3 is 1.95 bits per heavy atom. The Hall–Kier alpha value is -2.62. The molecule has 0 fully saturated rings. The van der Waals surface area contributed by atoms with E-state index >= 15 is 0 Å². The number of aliphatic carboxylic acids is 2. The molecule has 2 N–H and O–H groups in total. The third-order valence-electron chi connectivity index (χ3n) is 2.67. The van der Waals surface area contributed by atoms with Gasteiger partial charge in [-0.05, 0) is 31.1 Å². The molecular weight excluding hydrogens is 256 g/mol. The van der Waals surface area contributed by atoms with Crippen molar-refractivity contribution in [1.29, 1.82) is 0 Å². The fraction of sp³-hybridized carbons (Fsp3) is 0.125. The molecule has 0 radical (unpaired) electrons. The molecule has 104 valence electrons. The van der Waals surface area contributed by atoms with E-state index in [-0.39, 0.29) is 11.1 Å². The van der Waals surface area contributed by atoms with Crippen molar-refractivity contribution in [1.82, 2.24) is 0 Å². The summed E-state index contributed by atoms with van der Waals surface area (Å²) < 4.78 is 0. The first-order valence-corrected chi connectivity index (χ1v) is 6.00. The number of carboxylic acids is 2. The van der Waals surface area contributed by atoms with Crippen LogP contribution < -0.4 is 0 Å². The fourth-order valence-corrected chi connectivity index (χ4v) is 1.44. The Balaban J connectivity index is 3.26. The molecule has 0 aromatic heterocycles. The van der Waals surface area contributed by atoms with Crippen LogP contribution in [-0.2, 0) is 9.59 Å². The van der Waals surface area contributed by atoms with Crippen LogP contribution >= 0.6 is 0 Å². The van der Waals surface area contributed by atoms with Gasteiger partial charge in [-0.3, -0.25) is 0 Å². The van der Waals surface area contributed by atoms with Crippen LogP contribution in [0.25, 0.3) is 5.57 Å². The minimum absolute atomic E-state index is 0.180. The molecule has 0 aliphatic heterocycles. The van der Waals surface area contributed by atoms with Gasteiger partial charge in [0.1, 0.15) is 0 Å². The van der Waals surface area contributed by atoms with E-state index in [2.05, 4.69) is 0 Å². The van der Waals surface area contributed by atoms with E-state index in [1.807, 2.05) is 30.3 Å². The van der Waals surface area contributed by atoms with Gasteiger partial charge in [0.25, 0.3) is 0 Å². The summed E-state index contributed by atoms with van der Waals surface area (Å²) >= 11 is 0. The molecule has 0 heterocycles. The quantitative estimate of drug-likeness (QED) is 0.638. The van der Waals surface area contributed by atoms with Crippen LogP contribution in [0.15, 0.2) is 59.7 Å². The molecule has 0 aliphatic carbocycles. The summed E-state index contributed by atoms with van der Waals surface area (Å²) in [6, 6.07) is 9.19. The molecule has 0 saturated heterocycles. The average Bonchev–Trinajstić information content (AvgIpc) is 2.43. The van der Waals surface area contributed by atoms with Crippen LogP contribution in [0.3, 0.4) is 0 Å². The summed E-state index contributed by atoms with van der Waals surface area (Å²) in [4.78, 5) is 21.7. The molecule has 0 aliphatic rings. The predicted molar refractivity (Wildman–Crippen MR) is 77.2 cm³/mol. The van der Waals surface area contributed by atoms with Crippen molar-refractivity contribution < 1.29 is 19.8 Å². The van der Waals surface area contributed by atoms with Gasteiger partial charge in [-0.1, -0.05) is 42.5 Å². The third-order valence-corrected chi connectivity index (χ3v) is 2.67. The fourth-order valence-electron chi connectivity index (χ4n) is 1.44. The highest BCUT2D eigenvalue weighted by Gasteiger charge is 2.04. The number of carboxylic acid groups (broad SMARTS) is 2. The second kappa shape index (κ2) is 7.09. The van der Waals surface area contributed by atoms with Crippen molar-refractivity contribution in [3.05, 3.63) is 65.3 Å². The van der Waals surface area contributed by atoms with Crippen molar-refractivity contribution in [3.8, 4) is 0 Å². The smallest absolute Gasteiger partial charge is 0.331 e. The molecule has 4 heteroatoms. The zero-order valence-corrected chi connectivity index (χ0v) is 11.3. The molecule has 4 nitrogen and oxygen atoms in total. The Bertz CT molecular complexity index is 592. The van der Waals surface area contributed by atoms with Crippen molar-refractivity contribution in [2.24, 2.45) is 0 Å². The minimum Gasteiger partial charge on any atom is -0.478 e. The van der Waals surface area contributed by atoms with Gasteiger partial charge in [0.15, 0.2) is 0 Å². The van der Waals surface area contributed by atoms with Crippen LogP contribution in [0.2, 0.25) is 0 Å². The SMILES string of the molecule is CC(=CC=C(C=C(C)C(=O)O)c1ccccc1)C(=O)O. The number of hydrogen-bond acceptors (Lipinski definition) is 2. The lowest BCUT2D eigenvalue weighted by Crippen LogP contribution is -1.97. The van der Waals surface area contributed by atoms with Gasteiger partial charge < -0.3 is 10.2 Å². The summed E-state index contributed by atoms with van der Waals surface area (Å²) in [7, 11) is 0. The molecule has 1 rings (SSSR count). The van der Waals surface area contributed by atoms with Crippen LogP contribution in [0.5, 0.6) is 0 Å². The summed E-state index contributed by atoms with van der Waals surface area (Å²) in [5.41, 5.74) is 1.83. The molecule has 0 unspecified atom stereocenters. The highest BCUT2D eigenvalue weighted by atomic mass is 16.4. The minimum atomic E-state index is -1.01. The topological polar surface area (TPSA) is 74.6 Å². The van der Waals surface area contributed by atoms with Gasteiger partial charge in [0, 0.05) is 11.1 Å². The van der Waals surface area contributed by atoms with Crippen LogP contribution in [0.4, 0.5) is 0 Å². The molecule has 20 heavy (non-hydrogen) atoms. The summed E-state index contributed by atoms with van der Waals surface area (Å²) in [5.74, 6) is -2.02. The van der Waals surface area contributed by atoms with Crippen LogP contribution in [0, 0.1) is 0 Å². The van der Waals surface area contributed by atoms with E-state index in [4.69, 9.17) is 10.2 Å². The Morgan fingerprint density at radius 2 is 1.45 bits per heavy atom. The van der Waals surface area contributed by atoms with E-state index in [1.165, 1.54) is 26.0 Å². The first-order chi connectivity index (χ1) is 9.41. The lowest BCUT2D eigenvalue weighted by atomic mass is 10.0.